The zero-order valence-corrected chi connectivity index (χ0v) is 24.5. The number of nitrogens with two attached hydrogens (primary N) is 3. The largest absolute Gasteiger partial charge is 0.543 e. The van der Waals surface area contributed by atoms with Crippen molar-refractivity contribution in [3.8, 4) is 0 Å². The molecule has 4 heterocycles. The number of nitrogens with one attached hydrogen (secondary N) is 1. The van der Waals surface area contributed by atoms with Gasteiger partial charge in [-0.05, 0) is 33.2 Å². The van der Waals surface area contributed by atoms with Crippen molar-refractivity contribution in [2.45, 2.75) is 50.3 Å². The third-order valence-electron chi connectivity index (χ3n) is 6.65. The van der Waals surface area contributed by atoms with Crippen molar-refractivity contribution in [2.75, 3.05) is 23.8 Å². The van der Waals surface area contributed by atoms with Crippen LogP contribution in [0.1, 0.15) is 31.7 Å². The van der Waals surface area contributed by atoms with Gasteiger partial charge in [0.2, 0.25) is 23.3 Å². The first-order valence-electron chi connectivity index (χ1n) is 12.6. The fourth-order valence-electron chi connectivity index (χ4n) is 4.23. The van der Waals surface area contributed by atoms with E-state index in [9.17, 15) is 29.4 Å². The van der Waals surface area contributed by atoms with Crippen LogP contribution in [-0.4, -0.2) is 82.8 Å². The summed E-state index contributed by atoms with van der Waals surface area (Å²) in [6.45, 7) is 3.07. The Kier molecular flexibility index (Phi) is 8.73. The number of carboxylic acid groups (broad SMARTS) is 2. The third-order valence-corrected chi connectivity index (χ3v) is 8.53. The highest BCUT2D eigenvalue weighted by Crippen LogP contribution is 2.40. The van der Waals surface area contributed by atoms with Crippen LogP contribution in [0.15, 0.2) is 22.6 Å². The summed E-state index contributed by atoms with van der Waals surface area (Å²) < 4.78 is 7.36. The van der Waals surface area contributed by atoms with Gasteiger partial charge < -0.3 is 42.4 Å². The molecule has 2 aromatic heterocycles. The molecule has 0 saturated carbocycles. The monoisotopic (exact) mass is 622 g/mol. The molecule has 1 saturated heterocycles. The number of fused-ring (bicyclic) bond motifs is 1. The van der Waals surface area contributed by atoms with Gasteiger partial charge in [0.1, 0.15) is 11.4 Å². The van der Waals surface area contributed by atoms with Crippen molar-refractivity contribution in [2.24, 2.45) is 17.9 Å². The quantitative estimate of drug-likeness (QED) is 0.0681. The van der Waals surface area contributed by atoms with Crippen molar-refractivity contribution >= 4 is 63.7 Å². The lowest BCUT2D eigenvalue weighted by molar-refractivity contribution is -0.765. The number of carboxylic acids is 2. The predicted molar refractivity (Wildman–Crippen MR) is 148 cm³/mol. The van der Waals surface area contributed by atoms with Crippen LogP contribution < -0.4 is 32.3 Å². The Hall–Kier alpha value is -4.23. The minimum Gasteiger partial charge on any atom is -0.543 e. The van der Waals surface area contributed by atoms with Gasteiger partial charge in [-0.1, -0.05) is 5.16 Å². The Bertz CT molecular complexity index is 1500. The van der Waals surface area contributed by atoms with Crippen LogP contribution in [0.3, 0.4) is 0 Å². The van der Waals surface area contributed by atoms with Crippen LogP contribution >= 0.6 is 23.3 Å². The average Bonchev–Trinajstić information content (AvgIpc) is 3.47. The van der Waals surface area contributed by atoms with Gasteiger partial charge in [0.05, 0.1) is 24.3 Å². The first kappa shape index (κ1) is 30.7. The summed E-state index contributed by atoms with van der Waals surface area (Å²) in [5.41, 5.74) is 16.1. The summed E-state index contributed by atoms with van der Waals surface area (Å²) in [4.78, 5) is 60.1. The molecule has 0 radical (unpaired) electrons. The molecule has 2 atom stereocenters. The second-order valence-electron chi connectivity index (χ2n) is 9.96. The number of β-lactam (4-membered cyclic amide) rings is 1. The summed E-state index contributed by atoms with van der Waals surface area (Å²) in [5, 5.41) is 26.9. The van der Waals surface area contributed by atoms with E-state index in [-0.39, 0.29) is 29.0 Å². The molecule has 4 rings (SSSR count). The standard InChI is InChI=1S/C23H30N10O7S2/c1-23(2,21(38)39)40-29-12(16-28-22(26)42-30-16)17(34)27-13-18(35)33-14(20(36)37)11(9-41-19(13)33)8-32-7-10(5-4-6-24)15(25)31(32)3/h7,13,19,25H,4-6,8-9,24H2,1-3H3,(H5,26,27,28,30,34,36,37,38,39)/b29-12-/t13-,19-/m1/s1. The van der Waals surface area contributed by atoms with Gasteiger partial charge in [0.15, 0.2) is 17.5 Å². The second-order valence-corrected chi connectivity index (χ2v) is 11.8. The fourth-order valence-corrected chi connectivity index (χ4v) is 6.00. The van der Waals surface area contributed by atoms with E-state index in [1.807, 2.05) is 6.20 Å². The molecule has 2 aromatic rings. The van der Waals surface area contributed by atoms with Gasteiger partial charge in [0.25, 0.3) is 11.8 Å². The summed E-state index contributed by atoms with van der Waals surface area (Å²) in [6, 6.07) is -1.13. The molecular formula is C23H30N10O7S2. The minimum absolute atomic E-state index is 0.0114. The predicted octanol–water partition coefficient (Wildman–Crippen LogP) is -3.09. The van der Waals surface area contributed by atoms with Gasteiger partial charge >= 0.3 is 5.97 Å². The molecule has 2 aliphatic rings. The molecule has 0 spiro atoms. The lowest BCUT2D eigenvalue weighted by atomic mass is 10.0. The Balaban J connectivity index is 1.55. The number of nitrogen functional groups attached to an aromatic ring is 2. The Morgan fingerprint density at radius 1 is 1.36 bits per heavy atom. The molecular weight excluding hydrogens is 592 g/mol. The maximum Gasteiger partial charge on any atom is 0.350 e. The zero-order valence-electron chi connectivity index (χ0n) is 22.9. The molecule has 19 heteroatoms. The van der Waals surface area contributed by atoms with E-state index in [4.69, 9.17) is 22.0 Å². The molecule has 2 amide bonds. The fraction of sp³-hybridized carbons (Fsp3) is 0.478. The maximum atomic E-state index is 13.2. The molecule has 226 valence electrons. The smallest absolute Gasteiger partial charge is 0.350 e. The number of oxime groups is 1. The normalized spacial score (nSPS) is 18.9. The Morgan fingerprint density at radius 2 is 2.07 bits per heavy atom. The van der Waals surface area contributed by atoms with Crippen molar-refractivity contribution in [3.63, 3.8) is 0 Å². The summed E-state index contributed by atoms with van der Waals surface area (Å²) >= 11 is 2.02. The molecule has 0 bridgehead atoms. The number of nitrogens with zero attached hydrogens (tertiary/aromatic N) is 6. The summed E-state index contributed by atoms with van der Waals surface area (Å²) in [7, 11) is 1.74. The van der Waals surface area contributed by atoms with E-state index in [1.165, 1.54) is 25.6 Å². The van der Waals surface area contributed by atoms with Gasteiger partial charge in [-0.3, -0.25) is 14.5 Å². The summed E-state index contributed by atoms with van der Waals surface area (Å²) in [5.74, 6) is -4.01. The molecule has 42 heavy (non-hydrogen) atoms. The molecule has 0 aromatic carbocycles. The van der Waals surface area contributed by atoms with Gasteiger partial charge in [0, 0.05) is 22.9 Å². The maximum absolute atomic E-state index is 13.2. The number of aliphatic carboxylic acids is 2. The average molecular weight is 623 g/mol. The molecule has 0 unspecified atom stereocenters. The number of amides is 2. The first-order chi connectivity index (χ1) is 19.8. The van der Waals surface area contributed by atoms with Gasteiger partial charge in [-0.2, -0.15) is 9.36 Å². The van der Waals surface area contributed by atoms with Crippen LogP contribution in [0.2, 0.25) is 0 Å². The highest BCUT2D eigenvalue weighted by molar-refractivity contribution is 8.00. The zero-order chi connectivity index (χ0) is 30.9. The molecule has 17 nitrogen and oxygen atoms in total. The number of aryl methyl sites for hydroxylation is 1. The van der Waals surface area contributed by atoms with Crippen LogP contribution in [0, 0.1) is 0 Å². The highest BCUT2D eigenvalue weighted by atomic mass is 32.2. The number of aromatic nitrogens is 4. The third kappa shape index (κ3) is 5.88. The van der Waals surface area contributed by atoms with Crippen LogP contribution in [0.4, 0.5) is 10.9 Å². The van der Waals surface area contributed by atoms with E-state index in [1.54, 1.807) is 16.4 Å². The number of carbonyl (C=O) groups excluding carboxylic acids is 3. The lowest BCUT2D eigenvalue weighted by Crippen LogP contribution is -2.71. The Morgan fingerprint density at radius 3 is 2.67 bits per heavy atom. The number of rotatable bonds is 12. The molecule has 0 aliphatic carbocycles. The first-order valence-corrected chi connectivity index (χ1v) is 14.4. The van der Waals surface area contributed by atoms with Crippen LogP contribution in [0.5, 0.6) is 0 Å². The van der Waals surface area contributed by atoms with E-state index in [0.717, 1.165) is 28.4 Å². The number of carbonyl (C=O) groups is 4. The number of anilines is 2. The minimum atomic E-state index is -1.80. The van der Waals surface area contributed by atoms with E-state index in [0.29, 0.717) is 24.4 Å². The molecule has 1 fully saturated rings. The number of hydrogen-bond donors (Lipinski definition) is 5. The van der Waals surface area contributed by atoms with Gasteiger partial charge in [-0.25, -0.2) is 4.79 Å². The SMILES string of the molecule is Cn1c(N)c(CCCN)c[n+]1CC1=C(C(=O)[O-])N2C(=O)[C@@H](NC(=O)/C(=N\OC(C)(C)C(=O)O)c3nsc(N)n3)[C@H]2SC1. The summed E-state index contributed by atoms with van der Waals surface area (Å²) in [6.07, 6.45) is 3.21. The molecule has 2 aliphatic heterocycles. The van der Waals surface area contributed by atoms with Gasteiger partial charge in [-0.15, -0.1) is 21.1 Å². The van der Waals surface area contributed by atoms with Crippen molar-refractivity contribution in [3.05, 3.63) is 28.9 Å². The second kappa shape index (κ2) is 11.9. The Labute approximate surface area is 247 Å². The van der Waals surface area contributed by atoms with Crippen molar-refractivity contribution < 1.29 is 38.9 Å². The topological polar surface area (TPSA) is 261 Å². The van der Waals surface area contributed by atoms with Crippen LogP contribution in [-0.2, 0) is 44.0 Å². The van der Waals surface area contributed by atoms with E-state index < -0.39 is 46.5 Å². The number of thioether (sulfide) groups is 1. The van der Waals surface area contributed by atoms with E-state index in [2.05, 4.69) is 19.8 Å². The van der Waals surface area contributed by atoms with Crippen molar-refractivity contribution in [1.82, 2.24) is 24.3 Å². The lowest BCUT2D eigenvalue weighted by Gasteiger charge is -2.50. The van der Waals surface area contributed by atoms with Crippen molar-refractivity contribution in [1.29, 1.82) is 0 Å². The van der Waals surface area contributed by atoms with E-state index >= 15 is 0 Å². The highest BCUT2D eigenvalue weighted by Gasteiger charge is 2.53. The number of hydrogen-bond acceptors (Lipinski definition) is 14. The van der Waals surface area contributed by atoms with Crippen LogP contribution in [0.25, 0.3) is 0 Å². The molecule has 8 N–H and O–H groups in total.